The smallest absolute Gasteiger partial charge is 0.165 e. The molecule has 0 unspecified atom stereocenters. The van der Waals surface area contributed by atoms with Crippen molar-refractivity contribution in [3.8, 4) is 22.6 Å². The van der Waals surface area contributed by atoms with Crippen molar-refractivity contribution in [2.45, 2.75) is 20.0 Å². The molecule has 0 amide bonds. The molecule has 4 aromatic rings. The Hall–Kier alpha value is -2.83. The van der Waals surface area contributed by atoms with E-state index in [4.69, 9.17) is 9.47 Å². The van der Waals surface area contributed by atoms with Gasteiger partial charge in [0, 0.05) is 46.5 Å². The number of imidazole rings is 1. The van der Waals surface area contributed by atoms with Gasteiger partial charge in [0.05, 0.1) is 19.1 Å². The number of ether oxygens (including phenoxy) is 2. The van der Waals surface area contributed by atoms with Crippen molar-refractivity contribution in [2.75, 3.05) is 20.3 Å². The maximum Gasteiger partial charge on any atom is 0.165 e. The van der Waals surface area contributed by atoms with Gasteiger partial charge in [-0.15, -0.1) is 11.3 Å². The Morgan fingerprint density at radius 3 is 3.00 bits per heavy atom. The number of aromatic nitrogens is 2. The normalized spacial score (nSPS) is 14.4. The first-order valence-corrected chi connectivity index (χ1v) is 10.6. The van der Waals surface area contributed by atoms with E-state index in [1.165, 1.54) is 21.2 Å². The summed E-state index contributed by atoms with van der Waals surface area (Å²) in [7, 11) is 1.71. The molecule has 0 bridgehead atoms. The molecular formula is C23H23N3O2S. The number of rotatable bonds is 4. The Kier molecular flexibility index (Phi) is 4.73. The lowest BCUT2D eigenvalue weighted by atomic mass is 10.0. The lowest BCUT2D eigenvalue weighted by molar-refractivity contribution is 0.215. The highest BCUT2D eigenvalue weighted by molar-refractivity contribution is 7.17. The highest BCUT2D eigenvalue weighted by Crippen LogP contribution is 2.41. The molecule has 0 fully saturated rings. The quantitative estimate of drug-likeness (QED) is 0.519. The molecule has 2 aromatic heterocycles. The summed E-state index contributed by atoms with van der Waals surface area (Å²) in [5.74, 6) is 1.66. The Balaban J connectivity index is 1.54. The lowest BCUT2D eigenvalue weighted by Crippen LogP contribution is -2.25. The summed E-state index contributed by atoms with van der Waals surface area (Å²) in [6.07, 6.45) is 1.76. The number of methoxy groups -OCH3 is 1. The molecule has 1 aliphatic heterocycles. The molecule has 0 spiro atoms. The number of aromatic amines is 1. The molecule has 5 rings (SSSR count). The molecule has 148 valence electrons. The van der Waals surface area contributed by atoms with Crippen LogP contribution in [0.1, 0.15) is 17.0 Å². The second-order valence-electron chi connectivity index (χ2n) is 7.35. The molecule has 1 N–H and O–H groups in total. The van der Waals surface area contributed by atoms with Gasteiger partial charge in [-0.2, -0.15) is 0 Å². The van der Waals surface area contributed by atoms with Crippen molar-refractivity contribution < 1.29 is 9.47 Å². The molecule has 0 saturated heterocycles. The maximum atomic E-state index is 6.12. The average molecular weight is 406 g/mol. The van der Waals surface area contributed by atoms with E-state index in [1.54, 1.807) is 24.8 Å². The van der Waals surface area contributed by atoms with E-state index in [0.29, 0.717) is 6.61 Å². The third kappa shape index (κ3) is 3.39. The lowest BCUT2D eigenvalue weighted by Gasteiger charge is -2.19. The summed E-state index contributed by atoms with van der Waals surface area (Å²) >= 11 is 1.77. The molecule has 2 aromatic carbocycles. The van der Waals surface area contributed by atoms with Crippen LogP contribution in [0.15, 0.2) is 48.1 Å². The van der Waals surface area contributed by atoms with Gasteiger partial charge in [-0.25, -0.2) is 4.98 Å². The second-order valence-corrected chi connectivity index (χ2v) is 8.26. The highest BCUT2D eigenvalue weighted by Gasteiger charge is 2.22. The number of fused-ring (bicyclic) bond motifs is 2. The molecule has 0 radical (unpaired) electrons. The van der Waals surface area contributed by atoms with Crippen LogP contribution in [0.4, 0.5) is 0 Å². The second kappa shape index (κ2) is 7.54. The number of nitrogens with zero attached hydrogens (tertiary/aromatic N) is 2. The van der Waals surface area contributed by atoms with Crippen LogP contribution in [0.3, 0.4) is 0 Å². The number of benzene rings is 2. The fraction of sp³-hybridized carbons (Fsp3) is 0.261. The minimum absolute atomic E-state index is 0.632. The van der Waals surface area contributed by atoms with E-state index in [2.05, 4.69) is 63.6 Å². The SMILES string of the molecule is COc1cc(-c2csc3ccccc23)cc2c1OCCN(Cc1nc[nH]c1C)C2. The summed E-state index contributed by atoms with van der Waals surface area (Å²) in [5.41, 5.74) is 5.76. The molecule has 0 atom stereocenters. The minimum Gasteiger partial charge on any atom is -0.493 e. The predicted octanol–water partition coefficient (Wildman–Crippen LogP) is 5.00. The molecule has 3 heterocycles. The first-order chi connectivity index (χ1) is 14.2. The van der Waals surface area contributed by atoms with Crippen molar-refractivity contribution in [3.63, 3.8) is 0 Å². The third-order valence-electron chi connectivity index (χ3n) is 5.50. The van der Waals surface area contributed by atoms with Gasteiger partial charge in [-0.3, -0.25) is 4.90 Å². The van der Waals surface area contributed by atoms with Crippen LogP contribution in [0.2, 0.25) is 0 Å². The van der Waals surface area contributed by atoms with E-state index < -0.39 is 0 Å². The first kappa shape index (κ1) is 18.2. The highest BCUT2D eigenvalue weighted by atomic mass is 32.1. The molecule has 6 heteroatoms. The number of H-pyrrole nitrogens is 1. The van der Waals surface area contributed by atoms with Crippen LogP contribution in [0.25, 0.3) is 21.2 Å². The van der Waals surface area contributed by atoms with Crippen LogP contribution in [-0.4, -0.2) is 35.1 Å². The predicted molar refractivity (Wildman–Crippen MR) is 117 cm³/mol. The largest absolute Gasteiger partial charge is 0.493 e. The number of hydrogen-bond donors (Lipinski definition) is 1. The Labute approximate surface area is 173 Å². The summed E-state index contributed by atoms with van der Waals surface area (Å²) in [6.45, 7) is 5.14. The maximum absolute atomic E-state index is 6.12. The van der Waals surface area contributed by atoms with Gasteiger partial charge in [0.25, 0.3) is 0 Å². The third-order valence-corrected chi connectivity index (χ3v) is 6.46. The van der Waals surface area contributed by atoms with Gasteiger partial charge in [0.15, 0.2) is 11.5 Å². The molecule has 0 aliphatic carbocycles. The Morgan fingerprint density at radius 1 is 1.28 bits per heavy atom. The molecular weight excluding hydrogens is 382 g/mol. The van der Waals surface area contributed by atoms with Gasteiger partial charge in [-0.1, -0.05) is 18.2 Å². The molecule has 1 aliphatic rings. The van der Waals surface area contributed by atoms with Crippen LogP contribution in [-0.2, 0) is 13.1 Å². The van der Waals surface area contributed by atoms with Crippen molar-refractivity contribution in [1.82, 2.24) is 14.9 Å². The monoisotopic (exact) mass is 405 g/mol. The number of aryl methyl sites for hydroxylation is 1. The van der Waals surface area contributed by atoms with Crippen LogP contribution >= 0.6 is 11.3 Å². The molecule has 29 heavy (non-hydrogen) atoms. The van der Waals surface area contributed by atoms with Crippen molar-refractivity contribution in [3.05, 3.63) is 65.1 Å². The zero-order valence-electron chi connectivity index (χ0n) is 16.6. The van der Waals surface area contributed by atoms with Crippen LogP contribution in [0.5, 0.6) is 11.5 Å². The summed E-state index contributed by atoms with van der Waals surface area (Å²) in [5, 5.41) is 3.51. The van der Waals surface area contributed by atoms with E-state index >= 15 is 0 Å². The van der Waals surface area contributed by atoms with Crippen molar-refractivity contribution >= 4 is 21.4 Å². The topological polar surface area (TPSA) is 50.4 Å². The van der Waals surface area contributed by atoms with E-state index in [1.807, 2.05) is 0 Å². The number of thiophene rings is 1. The van der Waals surface area contributed by atoms with Crippen LogP contribution < -0.4 is 9.47 Å². The first-order valence-electron chi connectivity index (χ1n) is 9.74. The van der Waals surface area contributed by atoms with Gasteiger partial charge in [0.1, 0.15) is 6.61 Å². The summed E-state index contributed by atoms with van der Waals surface area (Å²) in [6, 6.07) is 12.9. The van der Waals surface area contributed by atoms with Crippen molar-refractivity contribution in [2.24, 2.45) is 0 Å². The zero-order chi connectivity index (χ0) is 19.8. The standard InChI is InChI=1S/C23H23N3O2S/c1-15-20(25-14-24-15)12-26-7-8-28-23-17(11-26)9-16(10-21(23)27-2)19-13-29-22-6-4-3-5-18(19)22/h3-6,9-10,13-14H,7-8,11-12H2,1-2H3,(H,24,25). The summed E-state index contributed by atoms with van der Waals surface area (Å²) < 4.78 is 13.1. The van der Waals surface area contributed by atoms with Gasteiger partial charge < -0.3 is 14.5 Å². The average Bonchev–Trinajstić information content (AvgIpc) is 3.28. The van der Waals surface area contributed by atoms with E-state index in [-0.39, 0.29) is 0 Å². The minimum atomic E-state index is 0.632. The summed E-state index contributed by atoms with van der Waals surface area (Å²) in [4.78, 5) is 10.0. The fourth-order valence-corrected chi connectivity index (χ4v) is 4.91. The fourth-order valence-electron chi connectivity index (χ4n) is 3.94. The Bertz CT molecular complexity index is 1160. The van der Waals surface area contributed by atoms with Gasteiger partial charge in [-0.05, 0) is 36.1 Å². The van der Waals surface area contributed by atoms with Gasteiger partial charge in [0.2, 0.25) is 0 Å². The van der Waals surface area contributed by atoms with E-state index in [9.17, 15) is 0 Å². The van der Waals surface area contributed by atoms with Gasteiger partial charge >= 0.3 is 0 Å². The zero-order valence-corrected chi connectivity index (χ0v) is 17.4. The van der Waals surface area contributed by atoms with E-state index in [0.717, 1.165) is 48.1 Å². The number of hydrogen-bond acceptors (Lipinski definition) is 5. The number of nitrogens with one attached hydrogen (secondary N) is 1. The molecule has 0 saturated carbocycles. The van der Waals surface area contributed by atoms with Crippen LogP contribution in [0, 0.1) is 6.92 Å². The Morgan fingerprint density at radius 2 is 2.17 bits per heavy atom. The molecule has 5 nitrogen and oxygen atoms in total. The van der Waals surface area contributed by atoms with Crippen molar-refractivity contribution in [1.29, 1.82) is 0 Å².